The number of likely N-dealkylation sites (tertiary alicyclic amines) is 1. The second-order valence-corrected chi connectivity index (χ2v) is 8.91. The number of nitrogens with one attached hydrogen (secondary N) is 1. The van der Waals surface area contributed by atoms with Gasteiger partial charge in [0.25, 0.3) is 0 Å². The Morgan fingerprint density at radius 1 is 1.36 bits per heavy atom. The van der Waals surface area contributed by atoms with Crippen molar-refractivity contribution in [3.8, 4) is 0 Å². The molecule has 0 aromatic heterocycles. The van der Waals surface area contributed by atoms with Gasteiger partial charge in [-0.25, -0.2) is 4.79 Å². The molecule has 0 saturated carbocycles. The Morgan fingerprint density at radius 3 is 2.40 bits per heavy atom. The van der Waals surface area contributed by atoms with Crippen molar-refractivity contribution in [3.05, 3.63) is 12.7 Å². The van der Waals surface area contributed by atoms with Crippen LogP contribution < -0.4 is 5.32 Å². The lowest BCUT2D eigenvalue weighted by atomic mass is 9.85. The van der Waals surface area contributed by atoms with Crippen LogP contribution in [-0.2, 0) is 9.53 Å². The first-order valence-electron chi connectivity index (χ1n) is 8.90. The predicted molar refractivity (Wildman–Crippen MR) is 98.1 cm³/mol. The molecule has 1 rings (SSSR count). The number of amides is 2. The number of hydrogen-bond acceptors (Lipinski definition) is 4. The van der Waals surface area contributed by atoms with E-state index in [0.29, 0.717) is 13.0 Å². The number of ether oxygens (including phenoxy) is 1. The lowest BCUT2D eigenvalue weighted by Crippen LogP contribution is -2.55. The Kier molecular flexibility index (Phi) is 7.06. The Bertz CT molecular complexity index is 496. The van der Waals surface area contributed by atoms with Gasteiger partial charge < -0.3 is 20.1 Å². The van der Waals surface area contributed by atoms with Crippen LogP contribution in [0.5, 0.6) is 0 Å². The Labute approximate surface area is 151 Å². The summed E-state index contributed by atoms with van der Waals surface area (Å²) >= 11 is 0. The molecule has 6 heteroatoms. The van der Waals surface area contributed by atoms with Crippen LogP contribution in [0, 0.1) is 10.8 Å². The van der Waals surface area contributed by atoms with Gasteiger partial charge in [-0.15, -0.1) is 6.58 Å². The second kappa shape index (κ2) is 8.21. The van der Waals surface area contributed by atoms with Gasteiger partial charge in [0.1, 0.15) is 6.04 Å². The van der Waals surface area contributed by atoms with Gasteiger partial charge in [0.2, 0.25) is 5.91 Å². The number of aliphatic hydroxyl groups is 1. The molecule has 3 atom stereocenters. The summed E-state index contributed by atoms with van der Waals surface area (Å²) in [7, 11) is 0. The summed E-state index contributed by atoms with van der Waals surface area (Å²) in [6, 6.07) is -0.757. The van der Waals surface area contributed by atoms with E-state index < -0.39 is 23.7 Å². The second-order valence-electron chi connectivity index (χ2n) is 8.91. The molecule has 1 fully saturated rings. The summed E-state index contributed by atoms with van der Waals surface area (Å²) in [5.74, 6) is -0.182. The SMILES string of the molecule is C=CCC(C)(C)COC(=O)N[C@H](C(=O)N1C[C@H](O)C[C@H]1C)C(C)(C)C. The number of β-amino-alcohol motifs (C(OH)–C–C–N with tert-alkyl or cyclic N) is 1. The lowest BCUT2D eigenvalue weighted by Gasteiger charge is -2.35. The first kappa shape index (κ1) is 21.5. The lowest BCUT2D eigenvalue weighted by molar-refractivity contribution is -0.136. The predicted octanol–water partition coefficient (Wildman–Crippen LogP) is 2.71. The molecule has 0 aromatic rings. The number of hydrogen-bond donors (Lipinski definition) is 2. The highest BCUT2D eigenvalue weighted by Gasteiger charge is 2.40. The average Bonchev–Trinajstić information content (AvgIpc) is 2.79. The summed E-state index contributed by atoms with van der Waals surface area (Å²) in [5, 5.41) is 12.5. The number of aliphatic hydroxyl groups excluding tert-OH is 1. The molecule has 1 aliphatic rings. The molecule has 25 heavy (non-hydrogen) atoms. The number of carbonyl (C=O) groups excluding carboxylic acids is 2. The van der Waals surface area contributed by atoms with E-state index in [2.05, 4.69) is 11.9 Å². The topological polar surface area (TPSA) is 78.9 Å². The molecular formula is C19H34N2O4. The third kappa shape index (κ3) is 6.34. The molecule has 0 aromatic carbocycles. The van der Waals surface area contributed by atoms with Gasteiger partial charge in [-0.3, -0.25) is 4.79 Å². The quantitative estimate of drug-likeness (QED) is 0.719. The van der Waals surface area contributed by atoms with E-state index in [1.807, 2.05) is 41.5 Å². The van der Waals surface area contributed by atoms with Crippen molar-refractivity contribution < 1.29 is 19.4 Å². The van der Waals surface area contributed by atoms with Crippen LogP contribution in [0.25, 0.3) is 0 Å². The van der Waals surface area contributed by atoms with Crippen LogP contribution in [0.2, 0.25) is 0 Å². The Hall–Kier alpha value is -1.56. The van der Waals surface area contributed by atoms with E-state index in [0.717, 1.165) is 6.42 Å². The van der Waals surface area contributed by atoms with Crippen LogP contribution in [0.4, 0.5) is 4.79 Å². The van der Waals surface area contributed by atoms with Crippen LogP contribution in [0.15, 0.2) is 12.7 Å². The molecule has 0 aliphatic carbocycles. The third-order valence-corrected chi connectivity index (χ3v) is 4.50. The minimum absolute atomic E-state index is 0.0447. The molecule has 144 valence electrons. The summed E-state index contributed by atoms with van der Waals surface area (Å²) in [4.78, 5) is 26.8. The highest BCUT2D eigenvalue weighted by Crippen LogP contribution is 2.26. The number of nitrogens with zero attached hydrogens (tertiary/aromatic N) is 1. The monoisotopic (exact) mass is 354 g/mol. The van der Waals surface area contributed by atoms with Crippen molar-refractivity contribution in [2.24, 2.45) is 10.8 Å². The van der Waals surface area contributed by atoms with E-state index in [4.69, 9.17) is 4.74 Å². The molecule has 0 bridgehead atoms. The fourth-order valence-electron chi connectivity index (χ4n) is 2.99. The maximum absolute atomic E-state index is 12.9. The first-order valence-corrected chi connectivity index (χ1v) is 8.90. The molecule has 1 heterocycles. The van der Waals surface area contributed by atoms with E-state index in [1.165, 1.54) is 0 Å². The molecule has 6 nitrogen and oxygen atoms in total. The van der Waals surface area contributed by atoms with Gasteiger partial charge in [-0.1, -0.05) is 40.7 Å². The van der Waals surface area contributed by atoms with Crippen LogP contribution in [-0.4, -0.2) is 53.3 Å². The van der Waals surface area contributed by atoms with Crippen LogP contribution in [0.1, 0.15) is 54.4 Å². The molecule has 2 N–H and O–H groups in total. The molecule has 0 unspecified atom stereocenters. The fourth-order valence-corrected chi connectivity index (χ4v) is 2.99. The molecule has 0 radical (unpaired) electrons. The zero-order valence-electron chi connectivity index (χ0n) is 16.5. The van der Waals surface area contributed by atoms with Crippen LogP contribution in [0.3, 0.4) is 0 Å². The number of alkyl carbamates (subject to hydrolysis) is 1. The van der Waals surface area contributed by atoms with Crippen molar-refractivity contribution >= 4 is 12.0 Å². The van der Waals surface area contributed by atoms with Crippen molar-refractivity contribution in [2.45, 2.75) is 72.6 Å². The minimum Gasteiger partial charge on any atom is -0.449 e. The maximum atomic E-state index is 12.9. The van der Waals surface area contributed by atoms with E-state index in [1.54, 1.807) is 11.0 Å². The molecule has 1 aliphatic heterocycles. The van der Waals surface area contributed by atoms with Crippen molar-refractivity contribution in [3.63, 3.8) is 0 Å². The van der Waals surface area contributed by atoms with E-state index >= 15 is 0 Å². The summed E-state index contributed by atoms with van der Waals surface area (Å²) in [6.45, 7) is 15.8. The fraction of sp³-hybridized carbons (Fsp3) is 0.789. The molecular weight excluding hydrogens is 320 g/mol. The standard InChI is InChI=1S/C19H34N2O4/c1-8-9-19(6,7)12-25-17(24)20-15(18(3,4)5)16(23)21-11-14(22)10-13(21)2/h8,13-15,22H,1,9-12H2,2-7H3,(H,20,24)/t13-,14-,15-/m1/s1. The number of carbonyl (C=O) groups is 2. The summed E-state index contributed by atoms with van der Waals surface area (Å²) < 4.78 is 5.33. The van der Waals surface area contributed by atoms with Crippen LogP contribution >= 0.6 is 0 Å². The highest BCUT2D eigenvalue weighted by atomic mass is 16.5. The minimum atomic E-state index is -0.713. The van der Waals surface area contributed by atoms with E-state index in [-0.39, 0.29) is 24.0 Å². The number of rotatable bonds is 6. The van der Waals surface area contributed by atoms with Gasteiger partial charge in [0, 0.05) is 18.0 Å². The Balaban J connectivity index is 2.75. The molecule has 0 spiro atoms. The normalized spacial score (nSPS) is 22.4. The summed E-state index contributed by atoms with van der Waals surface area (Å²) in [6.07, 6.45) is 1.97. The third-order valence-electron chi connectivity index (χ3n) is 4.50. The van der Waals surface area contributed by atoms with Gasteiger partial charge in [0.15, 0.2) is 0 Å². The van der Waals surface area contributed by atoms with E-state index in [9.17, 15) is 14.7 Å². The van der Waals surface area contributed by atoms with Crippen molar-refractivity contribution in [2.75, 3.05) is 13.2 Å². The van der Waals surface area contributed by atoms with Gasteiger partial charge in [-0.05, 0) is 25.2 Å². The van der Waals surface area contributed by atoms with Gasteiger partial charge in [0.05, 0.1) is 12.7 Å². The number of allylic oxidation sites excluding steroid dienone is 1. The Morgan fingerprint density at radius 2 is 1.96 bits per heavy atom. The first-order chi connectivity index (χ1) is 11.4. The van der Waals surface area contributed by atoms with Crippen molar-refractivity contribution in [1.29, 1.82) is 0 Å². The molecule has 2 amide bonds. The summed E-state index contributed by atoms with van der Waals surface area (Å²) in [5.41, 5.74) is -0.673. The highest BCUT2D eigenvalue weighted by molar-refractivity contribution is 5.87. The van der Waals surface area contributed by atoms with Gasteiger partial charge >= 0.3 is 6.09 Å². The largest absolute Gasteiger partial charge is 0.449 e. The maximum Gasteiger partial charge on any atom is 0.407 e. The van der Waals surface area contributed by atoms with Crippen molar-refractivity contribution in [1.82, 2.24) is 10.2 Å². The zero-order valence-corrected chi connectivity index (χ0v) is 16.5. The average molecular weight is 354 g/mol. The van der Waals surface area contributed by atoms with Gasteiger partial charge in [-0.2, -0.15) is 0 Å². The zero-order chi connectivity index (χ0) is 19.4. The molecule has 1 saturated heterocycles. The smallest absolute Gasteiger partial charge is 0.407 e.